The number of rotatable bonds is 5. The quantitative estimate of drug-likeness (QED) is 0.794. The third-order valence-electron chi connectivity index (χ3n) is 3.26. The van der Waals surface area contributed by atoms with Crippen LogP contribution in [0.2, 0.25) is 0 Å². The van der Waals surface area contributed by atoms with Gasteiger partial charge < -0.3 is 9.30 Å². The van der Waals surface area contributed by atoms with E-state index in [0.29, 0.717) is 17.9 Å². The van der Waals surface area contributed by atoms with Crippen molar-refractivity contribution < 1.29 is 13.9 Å². The standard InChI is InChI=1S/C15H18FN3O2/c1-4-19-10(3)17-18-14(19)13(15(20)21-5-2)11-6-8-12(16)9-7-11/h6-9,13H,4-5H2,1-3H3. The minimum atomic E-state index is -0.702. The number of aryl methyl sites for hydroxylation is 1. The van der Waals surface area contributed by atoms with Crippen LogP contribution >= 0.6 is 0 Å². The molecule has 0 aliphatic carbocycles. The van der Waals surface area contributed by atoms with E-state index in [-0.39, 0.29) is 12.4 Å². The summed E-state index contributed by atoms with van der Waals surface area (Å²) in [5.41, 5.74) is 0.636. The van der Waals surface area contributed by atoms with Gasteiger partial charge in [0.05, 0.1) is 6.61 Å². The molecule has 0 aliphatic heterocycles. The molecular formula is C15H18FN3O2. The van der Waals surface area contributed by atoms with Crippen LogP contribution in [-0.4, -0.2) is 27.3 Å². The highest BCUT2D eigenvalue weighted by atomic mass is 19.1. The summed E-state index contributed by atoms with van der Waals surface area (Å²) in [6, 6.07) is 5.78. The Morgan fingerprint density at radius 3 is 2.52 bits per heavy atom. The normalized spacial score (nSPS) is 12.2. The highest BCUT2D eigenvalue weighted by Crippen LogP contribution is 2.25. The molecule has 112 valence electrons. The fourth-order valence-corrected chi connectivity index (χ4v) is 2.27. The van der Waals surface area contributed by atoms with Crippen LogP contribution < -0.4 is 0 Å². The van der Waals surface area contributed by atoms with E-state index in [2.05, 4.69) is 10.2 Å². The lowest BCUT2D eigenvalue weighted by Crippen LogP contribution is -2.21. The Morgan fingerprint density at radius 2 is 1.95 bits per heavy atom. The van der Waals surface area contributed by atoms with Gasteiger partial charge in [0.2, 0.25) is 0 Å². The van der Waals surface area contributed by atoms with Gasteiger partial charge >= 0.3 is 5.97 Å². The average molecular weight is 291 g/mol. The smallest absolute Gasteiger partial charge is 0.321 e. The summed E-state index contributed by atoms with van der Waals surface area (Å²) in [4.78, 5) is 12.3. The van der Waals surface area contributed by atoms with E-state index < -0.39 is 11.9 Å². The number of aromatic nitrogens is 3. The lowest BCUT2D eigenvalue weighted by Gasteiger charge is -2.16. The van der Waals surface area contributed by atoms with Crippen molar-refractivity contribution in [2.24, 2.45) is 0 Å². The van der Waals surface area contributed by atoms with Gasteiger partial charge in [-0.1, -0.05) is 12.1 Å². The molecule has 1 aromatic carbocycles. The third-order valence-corrected chi connectivity index (χ3v) is 3.26. The molecule has 0 amide bonds. The van der Waals surface area contributed by atoms with Gasteiger partial charge in [0.25, 0.3) is 0 Å². The van der Waals surface area contributed by atoms with E-state index >= 15 is 0 Å². The summed E-state index contributed by atoms with van der Waals surface area (Å²) < 4.78 is 20.1. The average Bonchev–Trinajstić information content (AvgIpc) is 2.82. The zero-order valence-electron chi connectivity index (χ0n) is 12.3. The lowest BCUT2D eigenvalue weighted by molar-refractivity contribution is -0.144. The first kappa shape index (κ1) is 15.2. The van der Waals surface area contributed by atoms with Crippen molar-refractivity contribution in [2.75, 3.05) is 6.61 Å². The molecule has 2 rings (SSSR count). The van der Waals surface area contributed by atoms with Gasteiger partial charge in [-0.15, -0.1) is 10.2 Å². The van der Waals surface area contributed by atoms with Crippen molar-refractivity contribution in [3.63, 3.8) is 0 Å². The van der Waals surface area contributed by atoms with E-state index in [1.807, 2.05) is 18.4 Å². The Kier molecular flexibility index (Phi) is 4.67. The fraction of sp³-hybridized carbons (Fsp3) is 0.400. The minimum absolute atomic E-state index is 0.274. The zero-order valence-corrected chi connectivity index (χ0v) is 12.3. The van der Waals surface area contributed by atoms with Crippen molar-refractivity contribution in [1.82, 2.24) is 14.8 Å². The molecule has 0 radical (unpaired) electrons. The van der Waals surface area contributed by atoms with Gasteiger partial charge in [0.15, 0.2) is 5.82 Å². The minimum Gasteiger partial charge on any atom is -0.465 e. The van der Waals surface area contributed by atoms with Gasteiger partial charge in [-0.3, -0.25) is 4.79 Å². The van der Waals surface area contributed by atoms with Crippen LogP contribution in [0.1, 0.15) is 37.0 Å². The second-order valence-corrected chi connectivity index (χ2v) is 4.59. The lowest BCUT2D eigenvalue weighted by atomic mass is 9.98. The van der Waals surface area contributed by atoms with E-state index in [1.165, 1.54) is 12.1 Å². The molecule has 6 heteroatoms. The van der Waals surface area contributed by atoms with Crippen LogP contribution in [0.4, 0.5) is 4.39 Å². The first-order valence-electron chi connectivity index (χ1n) is 6.90. The van der Waals surface area contributed by atoms with E-state index in [1.54, 1.807) is 19.1 Å². The third kappa shape index (κ3) is 3.09. The second kappa shape index (κ2) is 6.47. The summed E-state index contributed by atoms with van der Waals surface area (Å²) in [6.07, 6.45) is 0. The summed E-state index contributed by atoms with van der Waals surface area (Å²) in [7, 11) is 0. The van der Waals surface area contributed by atoms with Gasteiger partial charge in [-0.2, -0.15) is 0 Å². The van der Waals surface area contributed by atoms with E-state index in [9.17, 15) is 9.18 Å². The highest BCUT2D eigenvalue weighted by Gasteiger charge is 2.29. The van der Waals surface area contributed by atoms with Crippen LogP contribution in [-0.2, 0) is 16.1 Å². The van der Waals surface area contributed by atoms with E-state index in [0.717, 1.165) is 5.82 Å². The Morgan fingerprint density at radius 1 is 1.29 bits per heavy atom. The predicted octanol–water partition coefficient (Wildman–Crippen LogP) is 2.44. The highest BCUT2D eigenvalue weighted by molar-refractivity contribution is 5.81. The SMILES string of the molecule is CCOC(=O)C(c1ccc(F)cc1)c1nnc(C)n1CC. The molecule has 0 fully saturated rings. The molecular weight excluding hydrogens is 273 g/mol. The molecule has 0 aliphatic rings. The summed E-state index contributed by atoms with van der Waals surface area (Å²) in [5.74, 6) is -0.226. The number of esters is 1. The number of nitrogens with zero attached hydrogens (tertiary/aromatic N) is 3. The van der Waals surface area contributed by atoms with Gasteiger partial charge in [-0.25, -0.2) is 4.39 Å². The maximum atomic E-state index is 13.1. The molecule has 1 aromatic heterocycles. The first-order valence-corrected chi connectivity index (χ1v) is 6.90. The largest absolute Gasteiger partial charge is 0.465 e. The Labute approximate surface area is 122 Å². The molecule has 5 nitrogen and oxygen atoms in total. The summed E-state index contributed by atoms with van der Waals surface area (Å²) >= 11 is 0. The number of carbonyl (C=O) groups excluding carboxylic acids is 1. The molecule has 2 aromatic rings. The number of hydrogen-bond acceptors (Lipinski definition) is 4. The van der Waals surface area contributed by atoms with Crippen LogP contribution in [0.25, 0.3) is 0 Å². The van der Waals surface area contributed by atoms with Crippen molar-refractivity contribution in [2.45, 2.75) is 33.2 Å². The van der Waals surface area contributed by atoms with Crippen molar-refractivity contribution >= 4 is 5.97 Å². The van der Waals surface area contributed by atoms with Crippen molar-refractivity contribution in [3.8, 4) is 0 Å². The zero-order chi connectivity index (χ0) is 15.4. The number of ether oxygens (including phenoxy) is 1. The predicted molar refractivity (Wildman–Crippen MR) is 75.3 cm³/mol. The maximum Gasteiger partial charge on any atom is 0.321 e. The van der Waals surface area contributed by atoms with E-state index in [4.69, 9.17) is 4.74 Å². The van der Waals surface area contributed by atoms with Crippen LogP contribution in [0.5, 0.6) is 0 Å². The van der Waals surface area contributed by atoms with Crippen LogP contribution in [0.15, 0.2) is 24.3 Å². The Bertz CT molecular complexity index is 622. The Hall–Kier alpha value is -2.24. The summed E-state index contributed by atoms with van der Waals surface area (Å²) in [6.45, 7) is 6.44. The summed E-state index contributed by atoms with van der Waals surface area (Å²) in [5, 5.41) is 8.13. The monoisotopic (exact) mass is 291 g/mol. The van der Waals surface area contributed by atoms with Crippen molar-refractivity contribution in [3.05, 3.63) is 47.3 Å². The molecule has 0 saturated carbocycles. The van der Waals surface area contributed by atoms with Crippen LogP contribution in [0, 0.1) is 12.7 Å². The number of halogens is 1. The number of benzene rings is 1. The molecule has 1 heterocycles. The molecule has 0 N–H and O–H groups in total. The Balaban J connectivity index is 2.50. The van der Waals surface area contributed by atoms with Gasteiger partial charge in [-0.05, 0) is 38.5 Å². The number of carbonyl (C=O) groups is 1. The van der Waals surface area contributed by atoms with Gasteiger partial charge in [0, 0.05) is 6.54 Å². The van der Waals surface area contributed by atoms with Gasteiger partial charge in [0.1, 0.15) is 17.6 Å². The molecule has 1 unspecified atom stereocenters. The number of hydrogen-bond donors (Lipinski definition) is 0. The molecule has 21 heavy (non-hydrogen) atoms. The topological polar surface area (TPSA) is 57.0 Å². The molecule has 0 spiro atoms. The maximum absolute atomic E-state index is 13.1. The fourth-order valence-electron chi connectivity index (χ4n) is 2.27. The molecule has 0 bridgehead atoms. The molecule has 1 atom stereocenters. The second-order valence-electron chi connectivity index (χ2n) is 4.59. The molecule has 0 saturated heterocycles. The van der Waals surface area contributed by atoms with Crippen molar-refractivity contribution in [1.29, 1.82) is 0 Å². The van der Waals surface area contributed by atoms with Crippen LogP contribution in [0.3, 0.4) is 0 Å². The first-order chi connectivity index (χ1) is 10.1.